The van der Waals surface area contributed by atoms with Gasteiger partial charge in [0.2, 0.25) is 0 Å². The predicted octanol–water partition coefficient (Wildman–Crippen LogP) is 2.49. The molecule has 1 aromatic carbocycles. The Hall–Kier alpha value is -2.17. The van der Waals surface area contributed by atoms with Crippen molar-refractivity contribution in [3.05, 3.63) is 29.5 Å². The number of nitrogens with two attached hydrogens (primary N) is 1. The molecule has 0 saturated heterocycles. The lowest BCUT2D eigenvalue weighted by molar-refractivity contribution is 0.297. The van der Waals surface area contributed by atoms with E-state index in [-0.39, 0.29) is 0 Å². The van der Waals surface area contributed by atoms with Gasteiger partial charge in [0.05, 0.1) is 18.9 Å². The SMILES string of the molecule is Nc1nn(-c2ccc3c(c2)OCCCO3)c2c1CCCC2. The molecule has 0 unspecified atom stereocenters. The zero-order chi connectivity index (χ0) is 14.2. The van der Waals surface area contributed by atoms with Crippen LogP contribution in [0.25, 0.3) is 5.69 Å². The van der Waals surface area contributed by atoms with Crippen LogP contribution in [0, 0.1) is 0 Å². The molecule has 2 aromatic rings. The summed E-state index contributed by atoms with van der Waals surface area (Å²) < 4.78 is 13.4. The van der Waals surface area contributed by atoms with E-state index >= 15 is 0 Å². The number of hydrogen-bond donors (Lipinski definition) is 1. The topological polar surface area (TPSA) is 62.3 Å². The first-order valence-electron chi connectivity index (χ1n) is 7.59. The molecule has 2 N–H and O–H groups in total. The summed E-state index contributed by atoms with van der Waals surface area (Å²) in [5.41, 5.74) is 9.53. The Morgan fingerprint density at radius 1 is 1.00 bits per heavy atom. The van der Waals surface area contributed by atoms with Gasteiger partial charge < -0.3 is 15.2 Å². The number of rotatable bonds is 1. The molecule has 0 saturated carbocycles. The molecule has 0 atom stereocenters. The molecule has 2 aliphatic rings. The lowest BCUT2D eigenvalue weighted by atomic mass is 9.97. The number of aromatic nitrogens is 2. The van der Waals surface area contributed by atoms with E-state index in [1.165, 1.54) is 24.1 Å². The van der Waals surface area contributed by atoms with Gasteiger partial charge in [-0.3, -0.25) is 0 Å². The van der Waals surface area contributed by atoms with E-state index in [1.807, 2.05) is 22.9 Å². The summed E-state index contributed by atoms with van der Waals surface area (Å²) in [5, 5.41) is 4.53. The summed E-state index contributed by atoms with van der Waals surface area (Å²) in [4.78, 5) is 0. The van der Waals surface area contributed by atoms with E-state index in [1.54, 1.807) is 0 Å². The molecular formula is C16H19N3O2. The van der Waals surface area contributed by atoms with Gasteiger partial charge in [0.25, 0.3) is 0 Å². The minimum Gasteiger partial charge on any atom is -0.490 e. The van der Waals surface area contributed by atoms with Crippen molar-refractivity contribution in [2.24, 2.45) is 0 Å². The second kappa shape index (κ2) is 4.98. The number of anilines is 1. The first-order valence-corrected chi connectivity index (χ1v) is 7.59. The van der Waals surface area contributed by atoms with Crippen LogP contribution in [-0.4, -0.2) is 23.0 Å². The van der Waals surface area contributed by atoms with Gasteiger partial charge in [0.1, 0.15) is 5.82 Å². The summed E-state index contributed by atoms with van der Waals surface area (Å²) in [6, 6.07) is 5.99. The third kappa shape index (κ3) is 2.13. The monoisotopic (exact) mass is 285 g/mol. The molecule has 1 aromatic heterocycles. The maximum absolute atomic E-state index is 6.07. The predicted molar refractivity (Wildman–Crippen MR) is 80.2 cm³/mol. The van der Waals surface area contributed by atoms with Crippen LogP contribution in [0.2, 0.25) is 0 Å². The van der Waals surface area contributed by atoms with Crippen molar-refractivity contribution in [3.63, 3.8) is 0 Å². The second-order valence-electron chi connectivity index (χ2n) is 5.61. The number of nitrogens with zero attached hydrogens (tertiary/aromatic N) is 2. The molecule has 110 valence electrons. The van der Waals surface area contributed by atoms with Crippen molar-refractivity contribution in [1.82, 2.24) is 9.78 Å². The Labute approximate surface area is 123 Å². The highest BCUT2D eigenvalue weighted by molar-refractivity contribution is 5.53. The fraction of sp³-hybridized carbons (Fsp3) is 0.438. The summed E-state index contributed by atoms with van der Waals surface area (Å²) >= 11 is 0. The highest BCUT2D eigenvalue weighted by atomic mass is 16.5. The Morgan fingerprint density at radius 3 is 2.71 bits per heavy atom. The van der Waals surface area contributed by atoms with Gasteiger partial charge in [-0.05, 0) is 37.8 Å². The van der Waals surface area contributed by atoms with Crippen LogP contribution in [0.4, 0.5) is 5.82 Å². The highest BCUT2D eigenvalue weighted by Gasteiger charge is 2.21. The normalized spacial score (nSPS) is 17.1. The van der Waals surface area contributed by atoms with Crippen molar-refractivity contribution >= 4 is 5.82 Å². The van der Waals surface area contributed by atoms with Crippen LogP contribution < -0.4 is 15.2 Å². The lowest BCUT2D eigenvalue weighted by Crippen LogP contribution is -2.08. The Kier molecular flexibility index (Phi) is 2.98. The summed E-state index contributed by atoms with van der Waals surface area (Å²) in [5.74, 6) is 2.27. The van der Waals surface area contributed by atoms with Crippen molar-refractivity contribution in [1.29, 1.82) is 0 Å². The zero-order valence-corrected chi connectivity index (χ0v) is 12.0. The Morgan fingerprint density at radius 2 is 1.81 bits per heavy atom. The van der Waals surface area contributed by atoms with E-state index in [2.05, 4.69) is 5.10 Å². The molecule has 0 amide bonds. The minimum absolute atomic E-state index is 0.664. The van der Waals surface area contributed by atoms with Crippen LogP contribution >= 0.6 is 0 Å². The van der Waals surface area contributed by atoms with E-state index in [9.17, 15) is 0 Å². The lowest BCUT2D eigenvalue weighted by Gasteiger charge is -2.15. The smallest absolute Gasteiger partial charge is 0.163 e. The Bertz CT molecular complexity index is 678. The van der Waals surface area contributed by atoms with Crippen LogP contribution in [0.5, 0.6) is 11.5 Å². The van der Waals surface area contributed by atoms with Gasteiger partial charge in [-0.1, -0.05) is 0 Å². The largest absolute Gasteiger partial charge is 0.490 e. The standard InChI is InChI=1S/C16H19N3O2/c17-16-12-4-1-2-5-13(12)19(18-16)11-6-7-14-15(10-11)21-9-3-8-20-14/h6-7,10H,1-5,8-9H2,(H2,17,18). The van der Waals surface area contributed by atoms with E-state index < -0.39 is 0 Å². The highest BCUT2D eigenvalue weighted by Crippen LogP contribution is 2.34. The maximum Gasteiger partial charge on any atom is 0.163 e. The molecule has 1 aliphatic carbocycles. The quantitative estimate of drug-likeness (QED) is 0.874. The van der Waals surface area contributed by atoms with Crippen molar-refractivity contribution in [2.45, 2.75) is 32.1 Å². The van der Waals surface area contributed by atoms with Gasteiger partial charge in [-0.15, -0.1) is 0 Å². The number of hydrogen-bond acceptors (Lipinski definition) is 4. The molecule has 2 heterocycles. The van der Waals surface area contributed by atoms with E-state index in [4.69, 9.17) is 15.2 Å². The van der Waals surface area contributed by atoms with Crippen molar-refractivity contribution in [2.75, 3.05) is 18.9 Å². The minimum atomic E-state index is 0.664. The molecular weight excluding hydrogens is 266 g/mol. The number of nitrogen functional groups attached to an aromatic ring is 1. The zero-order valence-electron chi connectivity index (χ0n) is 12.0. The van der Waals surface area contributed by atoms with Gasteiger partial charge >= 0.3 is 0 Å². The molecule has 0 fully saturated rings. The first kappa shape index (κ1) is 12.6. The number of benzene rings is 1. The van der Waals surface area contributed by atoms with Crippen LogP contribution in [-0.2, 0) is 12.8 Å². The fourth-order valence-electron chi connectivity index (χ4n) is 3.12. The molecule has 0 spiro atoms. The van der Waals surface area contributed by atoms with Gasteiger partial charge in [0, 0.05) is 23.7 Å². The molecule has 5 heteroatoms. The Balaban J connectivity index is 1.79. The molecule has 21 heavy (non-hydrogen) atoms. The number of ether oxygens (including phenoxy) is 2. The van der Waals surface area contributed by atoms with Crippen molar-refractivity contribution < 1.29 is 9.47 Å². The average Bonchev–Trinajstić information content (AvgIpc) is 2.71. The molecule has 0 bridgehead atoms. The number of fused-ring (bicyclic) bond motifs is 2. The van der Waals surface area contributed by atoms with Crippen LogP contribution in [0.15, 0.2) is 18.2 Å². The van der Waals surface area contributed by atoms with Crippen molar-refractivity contribution in [3.8, 4) is 17.2 Å². The van der Waals surface area contributed by atoms with Crippen LogP contribution in [0.3, 0.4) is 0 Å². The molecule has 1 aliphatic heterocycles. The molecule has 4 rings (SSSR count). The van der Waals surface area contributed by atoms with Gasteiger partial charge in [0.15, 0.2) is 11.5 Å². The van der Waals surface area contributed by atoms with Gasteiger partial charge in [-0.2, -0.15) is 5.10 Å². The average molecular weight is 285 g/mol. The molecule has 0 radical (unpaired) electrons. The summed E-state index contributed by atoms with van der Waals surface area (Å²) in [7, 11) is 0. The summed E-state index contributed by atoms with van der Waals surface area (Å²) in [6.07, 6.45) is 5.38. The molecule has 5 nitrogen and oxygen atoms in total. The maximum atomic E-state index is 6.07. The summed E-state index contributed by atoms with van der Waals surface area (Å²) in [6.45, 7) is 1.40. The van der Waals surface area contributed by atoms with E-state index in [0.717, 1.165) is 36.4 Å². The van der Waals surface area contributed by atoms with Gasteiger partial charge in [-0.25, -0.2) is 4.68 Å². The van der Waals surface area contributed by atoms with Crippen LogP contribution in [0.1, 0.15) is 30.5 Å². The third-order valence-electron chi connectivity index (χ3n) is 4.19. The van der Waals surface area contributed by atoms with E-state index in [0.29, 0.717) is 19.0 Å². The fourth-order valence-corrected chi connectivity index (χ4v) is 3.12. The first-order chi connectivity index (χ1) is 10.3. The second-order valence-corrected chi connectivity index (χ2v) is 5.61. The third-order valence-corrected chi connectivity index (χ3v) is 4.19.